The van der Waals surface area contributed by atoms with Crippen LogP contribution in [0.25, 0.3) is 0 Å². The second kappa shape index (κ2) is 7.29. The molecule has 0 fully saturated rings. The molecule has 25 heavy (non-hydrogen) atoms. The Balaban J connectivity index is 2.08. The van der Waals surface area contributed by atoms with E-state index < -0.39 is 29.2 Å². The molecule has 0 bridgehead atoms. The molecule has 0 aliphatic rings. The summed E-state index contributed by atoms with van der Waals surface area (Å²) >= 11 is 0. The Kier molecular flexibility index (Phi) is 5.36. The third-order valence-electron chi connectivity index (χ3n) is 2.95. The predicted molar refractivity (Wildman–Crippen MR) is 90.6 cm³/mol. The molecule has 0 unspecified atom stereocenters. The fourth-order valence-corrected chi connectivity index (χ4v) is 1.94. The van der Waals surface area contributed by atoms with E-state index >= 15 is 0 Å². The van der Waals surface area contributed by atoms with Crippen molar-refractivity contribution in [3.63, 3.8) is 0 Å². The monoisotopic (exact) mass is 348 g/mol. The Morgan fingerprint density at radius 1 is 0.920 bits per heavy atom. The van der Waals surface area contributed by atoms with Gasteiger partial charge in [-0.3, -0.25) is 10.1 Å². The predicted octanol–water partition coefficient (Wildman–Crippen LogP) is 4.56. The second-order valence-electron chi connectivity index (χ2n) is 6.29. The highest BCUT2D eigenvalue weighted by Crippen LogP contribution is 2.17. The Bertz CT molecular complexity index is 801. The van der Waals surface area contributed by atoms with Gasteiger partial charge in [-0.2, -0.15) is 0 Å². The molecule has 0 heterocycles. The number of amides is 2. The summed E-state index contributed by atoms with van der Waals surface area (Å²) in [6.45, 7) is 5.20. The third-order valence-corrected chi connectivity index (χ3v) is 2.95. The van der Waals surface area contributed by atoms with E-state index in [0.29, 0.717) is 5.69 Å². The van der Waals surface area contributed by atoms with Crippen molar-refractivity contribution in [1.29, 1.82) is 0 Å². The summed E-state index contributed by atoms with van der Waals surface area (Å²) in [5, 5.41) is 4.98. The van der Waals surface area contributed by atoms with Crippen molar-refractivity contribution in [2.24, 2.45) is 0 Å². The highest BCUT2D eigenvalue weighted by atomic mass is 19.2. The molecule has 2 N–H and O–H groups in total. The maximum atomic E-state index is 13.2. The molecule has 7 heteroatoms. The van der Waals surface area contributed by atoms with Gasteiger partial charge < -0.3 is 10.1 Å². The highest BCUT2D eigenvalue weighted by Gasteiger charge is 2.16. The van der Waals surface area contributed by atoms with Crippen LogP contribution < -0.4 is 10.6 Å². The molecule has 0 aromatic heterocycles. The van der Waals surface area contributed by atoms with Gasteiger partial charge in [-0.25, -0.2) is 13.6 Å². The number of carbonyl (C=O) groups is 2. The van der Waals surface area contributed by atoms with Gasteiger partial charge in [-0.05, 0) is 51.1 Å². The number of rotatable bonds is 3. The molecular formula is C18H18F2N2O3. The average Bonchev–Trinajstić information content (AvgIpc) is 2.49. The fraction of sp³-hybridized carbons (Fsp3) is 0.222. The number of hydrogen-bond acceptors (Lipinski definition) is 3. The van der Waals surface area contributed by atoms with Gasteiger partial charge in [0, 0.05) is 23.0 Å². The molecule has 0 aliphatic carbocycles. The van der Waals surface area contributed by atoms with E-state index in [-0.39, 0.29) is 11.3 Å². The molecule has 0 atom stereocenters. The van der Waals surface area contributed by atoms with Crippen molar-refractivity contribution in [2.75, 3.05) is 10.6 Å². The first-order valence-corrected chi connectivity index (χ1v) is 7.50. The fourth-order valence-electron chi connectivity index (χ4n) is 1.94. The Hall–Kier alpha value is -2.96. The normalized spacial score (nSPS) is 10.9. The van der Waals surface area contributed by atoms with E-state index in [4.69, 9.17) is 4.74 Å². The van der Waals surface area contributed by atoms with Crippen molar-refractivity contribution >= 4 is 23.4 Å². The van der Waals surface area contributed by atoms with E-state index in [1.165, 1.54) is 18.2 Å². The molecule has 2 aromatic rings. The van der Waals surface area contributed by atoms with Crippen LogP contribution in [0.3, 0.4) is 0 Å². The minimum Gasteiger partial charge on any atom is -0.444 e. The summed E-state index contributed by atoms with van der Waals surface area (Å²) in [6, 6.07) is 9.19. The Morgan fingerprint density at radius 3 is 2.24 bits per heavy atom. The van der Waals surface area contributed by atoms with E-state index in [2.05, 4.69) is 10.6 Å². The van der Waals surface area contributed by atoms with E-state index in [1.54, 1.807) is 32.9 Å². The quantitative estimate of drug-likeness (QED) is 0.854. The van der Waals surface area contributed by atoms with Crippen LogP contribution in [-0.2, 0) is 4.74 Å². The molecular weight excluding hydrogens is 330 g/mol. The van der Waals surface area contributed by atoms with Crippen LogP contribution in [-0.4, -0.2) is 17.6 Å². The van der Waals surface area contributed by atoms with Gasteiger partial charge in [0.1, 0.15) is 5.60 Å². The summed E-state index contributed by atoms with van der Waals surface area (Å²) in [4.78, 5) is 24.0. The second-order valence-corrected chi connectivity index (χ2v) is 6.29. The lowest BCUT2D eigenvalue weighted by Gasteiger charge is -2.19. The lowest BCUT2D eigenvalue weighted by molar-refractivity contribution is 0.0635. The minimum atomic E-state index is -1.06. The smallest absolute Gasteiger partial charge is 0.412 e. The molecule has 0 spiro atoms. The molecule has 2 aromatic carbocycles. The zero-order chi connectivity index (χ0) is 18.6. The molecule has 5 nitrogen and oxygen atoms in total. The number of anilines is 2. The first-order chi connectivity index (χ1) is 11.6. The van der Waals surface area contributed by atoms with Crippen molar-refractivity contribution < 1.29 is 23.1 Å². The van der Waals surface area contributed by atoms with E-state index in [1.807, 2.05) is 0 Å². The number of hydrogen-bond donors (Lipinski definition) is 2. The SMILES string of the molecule is CC(C)(C)OC(=O)Nc1cccc(C(=O)Nc2ccc(F)c(F)c2)c1. The standard InChI is InChI=1S/C18H18F2N2O3/c1-18(2,3)25-17(24)22-12-6-4-5-11(9-12)16(23)21-13-7-8-14(19)15(20)10-13/h4-10H,1-3H3,(H,21,23)(H,22,24). The lowest BCUT2D eigenvalue weighted by Crippen LogP contribution is -2.27. The number of nitrogens with one attached hydrogen (secondary N) is 2. The summed E-state index contributed by atoms with van der Waals surface area (Å²) in [7, 11) is 0. The summed E-state index contributed by atoms with van der Waals surface area (Å²) < 4.78 is 31.2. The number of carbonyl (C=O) groups excluding carboxylic acids is 2. The van der Waals surface area contributed by atoms with Crippen LogP contribution in [0.2, 0.25) is 0 Å². The number of ether oxygens (including phenoxy) is 1. The van der Waals surface area contributed by atoms with Crippen LogP contribution >= 0.6 is 0 Å². The third kappa shape index (κ3) is 5.56. The van der Waals surface area contributed by atoms with Gasteiger partial charge in [0.05, 0.1) is 0 Å². The maximum absolute atomic E-state index is 13.2. The first-order valence-electron chi connectivity index (χ1n) is 7.50. The van der Waals surface area contributed by atoms with Gasteiger partial charge in [-0.15, -0.1) is 0 Å². The number of benzene rings is 2. The van der Waals surface area contributed by atoms with Gasteiger partial charge in [-0.1, -0.05) is 6.07 Å². The van der Waals surface area contributed by atoms with Gasteiger partial charge >= 0.3 is 6.09 Å². The maximum Gasteiger partial charge on any atom is 0.412 e. The van der Waals surface area contributed by atoms with Gasteiger partial charge in [0.25, 0.3) is 5.91 Å². The summed E-state index contributed by atoms with van der Waals surface area (Å²) in [6.07, 6.45) is -0.648. The molecule has 0 saturated heterocycles. The molecule has 2 rings (SSSR count). The molecule has 132 valence electrons. The van der Waals surface area contributed by atoms with Crippen LogP contribution in [0, 0.1) is 11.6 Å². The van der Waals surface area contributed by atoms with Crippen LogP contribution in [0.5, 0.6) is 0 Å². The topological polar surface area (TPSA) is 67.4 Å². The number of halogens is 2. The average molecular weight is 348 g/mol. The Morgan fingerprint density at radius 2 is 1.60 bits per heavy atom. The van der Waals surface area contributed by atoms with Gasteiger partial charge in [0.15, 0.2) is 11.6 Å². The lowest BCUT2D eigenvalue weighted by atomic mass is 10.2. The molecule has 2 amide bonds. The van der Waals surface area contributed by atoms with E-state index in [0.717, 1.165) is 12.1 Å². The summed E-state index contributed by atoms with van der Waals surface area (Å²) in [5.74, 6) is -2.58. The summed E-state index contributed by atoms with van der Waals surface area (Å²) in [5.41, 5.74) is 0.0750. The van der Waals surface area contributed by atoms with Crippen LogP contribution in [0.4, 0.5) is 25.0 Å². The van der Waals surface area contributed by atoms with Crippen molar-refractivity contribution in [2.45, 2.75) is 26.4 Å². The Labute approximate surface area is 144 Å². The van der Waals surface area contributed by atoms with Crippen molar-refractivity contribution in [1.82, 2.24) is 0 Å². The van der Waals surface area contributed by atoms with Crippen molar-refractivity contribution in [3.8, 4) is 0 Å². The van der Waals surface area contributed by atoms with E-state index in [9.17, 15) is 18.4 Å². The zero-order valence-electron chi connectivity index (χ0n) is 14.0. The highest BCUT2D eigenvalue weighted by molar-refractivity contribution is 6.05. The first kappa shape index (κ1) is 18.4. The van der Waals surface area contributed by atoms with Crippen LogP contribution in [0.15, 0.2) is 42.5 Å². The molecule has 0 saturated carbocycles. The van der Waals surface area contributed by atoms with Crippen molar-refractivity contribution in [3.05, 3.63) is 59.7 Å². The minimum absolute atomic E-state index is 0.120. The van der Waals surface area contributed by atoms with Crippen LogP contribution in [0.1, 0.15) is 31.1 Å². The molecule has 0 aliphatic heterocycles. The zero-order valence-corrected chi connectivity index (χ0v) is 14.0. The largest absolute Gasteiger partial charge is 0.444 e. The van der Waals surface area contributed by atoms with Gasteiger partial charge in [0.2, 0.25) is 0 Å². The molecule has 0 radical (unpaired) electrons.